The van der Waals surface area contributed by atoms with Crippen LogP contribution in [0.5, 0.6) is 0 Å². The molecular weight excluding hydrogens is 278 g/mol. The molecule has 1 saturated carbocycles. The molecule has 2 aromatic heterocycles. The molecular formula is C13H15N3O3S. The standard InChI is InChI=1S/C13H15N3O3S/c17-10(8-1-2-8)5-14-11(18)6-16-7-15-12-9(13(16)19)3-4-20-12/h3-4,7-8,10,17H,1-2,5-6H2,(H,14,18). The fourth-order valence-corrected chi connectivity index (χ4v) is 2.81. The first-order chi connectivity index (χ1) is 9.65. The number of carbonyl (C=O) groups is 1. The van der Waals surface area contributed by atoms with Gasteiger partial charge >= 0.3 is 0 Å². The van der Waals surface area contributed by atoms with E-state index in [4.69, 9.17) is 0 Å². The topological polar surface area (TPSA) is 84.2 Å². The van der Waals surface area contributed by atoms with Crippen molar-refractivity contribution in [1.29, 1.82) is 0 Å². The average Bonchev–Trinajstić information content (AvgIpc) is 3.17. The van der Waals surface area contributed by atoms with Crippen LogP contribution in [0.4, 0.5) is 0 Å². The molecule has 2 N–H and O–H groups in total. The Labute approximate surface area is 119 Å². The number of hydrogen-bond acceptors (Lipinski definition) is 5. The normalized spacial score (nSPS) is 16.2. The number of rotatable bonds is 5. The molecule has 0 aromatic carbocycles. The molecule has 6 nitrogen and oxygen atoms in total. The van der Waals surface area contributed by atoms with Crippen molar-refractivity contribution in [1.82, 2.24) is 14.9 Å². The Bertz CT molecular complexity index is 689. The predicted octanol–water partition coefficient (Wildman–Crippen LogP) is 0.345. The summed E-state index contributed by atoms with van der Waals surface area (Å²) in [5, 5.41) is 14.7. The Hall–Kier alpha value is -1.73. The van der Waals surface area contributed by atoms with Gasteiger partial charge in [-0.15, -0.1) is 11.3 Å². The quantitative estimate of drug-likeness (QED) is 0.833. The zero-order valence-electron chi connectivity index (χ0n) is 10.8. The van der Waals surface area contributed by atoms with Gasteiger partial charge in [-0.3, -0.25) is 14.2 Å². The van der Waals surface area contributed by atoms with E-state index in [-0.39, 0.29) is 24.6 Å². The second-order valence-corrected chi connectivity index (χ2v) is 5.92. The van der Waals surface area contributed by atoms with Crippen LogP contribution in [-0.2, 0) is 11.3 Å². The van der Waals surface area contributed by atoms with E-state index in [0.29, 0.717) is 16.1 Å². The van der Waals surface area contributed by atoms with E-state index in [1.807, 2.05) is 0 Å². The van der Waals surface area contributed by atoms with Crippen LogP contribution >= 0.6 is 11.3 Å². The zero-order valence-corrected chi connectivity index (χ0v) is 11.6. The van der Waals surface area contributed by atoms with Crippen LogP contribution in [0.2, 0.25) is 0 Å². The number of aliphatic hydroxyl groups excluding tert-OH is 1. The Morgan fingerprint density at radius 1 is 1.60 bits per heavy atom. The summed E-state index contributed by atoms with van der Waals surface area (Å²) in [7, 11) is 0. The van der Waals surface area contributed by atoms with Crippen LogP contribution in [-0.4, -0.2) is 33.2 Å². The van der Waals surface area contributed by atoms with Gasteiger partial charge in [0.05, 0.1) is 17.8 Å². The van der Waals surface area contributed by atoms with Gasteiger partial charge < -0.3 is 10.4 Å². The van der Waals surface area contributed by atoms with Gasteiger partial charge in [0.2, 0.25) is 5.91 Å². The summed E-state index contributed by atoms with van der Waals surface area (Å²) in [5.74, 6) is 0.0324. The fraction of sp³-hybridized carbons (Fsp3) is 0.462. The SMILES string of the molecule is O=C(Cn1cnc2sccc2c1=O)NCC(O)C1CC1. The predicted molar refractivity (Wildman–Crippen MR) is 75.6 cm³/mol. The van der Waals surface area contributed by atoms with Crippen LogP contribution < -0.4 is 10.9 Å². The Morgan fingerprint density at radius 2 is 2.40 bits per heavy atom. The molecule has 1 atom stereocenters. The summed E-state index contributed by atoms with van der Waals surface area (Å²) in [5.41, 5.74) is -0.214. The molecule has 20 heavy (non-hydrogen) atoms. The maximum atomic E-state index is 12.1. The van der Waals surface area contributed by atoms with Crippen LogP contribution in [0.25, 0.3) is 10.2 Å². The molecule has 1 unspecified atom stereocenters. The lowest BCUT2D eigenvalue weighted by Gasteiger charge is -2.11. The second kappa shape index (κ2) is 5.34. The van der Waals surface area contributed by atoms with E-state index in [2.05, 4.69) is 10.3 Å². The van der Waals surface area contributed by atoms with Crippen molar-refractivity contribution in [2.24, 2.45) is 5.92 Å². The van der Waals surface area contributed by atoms with E-state index in [1.165, 1.54) is 22.2 Å². The number of amides is 1. The number of carbonyl (C=O) groups excluding carboxylic acids is 1. The van der Waals surface area contributed by atoms with Gasteiger partial charge in [-0.2, -0.15) is 0 Å². The van der Waals surface area contributed by atoms with Crippen LogP contribution in [0.3, 0.4) is 0 Å². The molecule has 2 aromatic rings. The summed E-state index contributed by atoms with van der Waals surface area (Å²) >= 11 is 1.40. The molecule has 1 amide bonds. The first-order valence-electron chi connectivity index (χ1n) is 6.52. The van der Waals surface area contributed by atoms with Crippen molar-refractivity contribution in [3.63, 3.8) is 0 Å². The molecule has 0 saturated heterocycles. The zero-order chi connectivity index (χ0) is 14.1. The maximum absolute atomic E-state index is 12.1. The summed E-state index contributed by atoms with van der Waals surface area (Å²) < 4.78 is 1.29. The van der Waals surface area contributed by atoms with E-state index < -0.39 is 6.10 Å². The molecule has 3 rings (SSSR count). The molecule has 1 aliphatic rings. The summed E-state index contributed by atoms with van der Waals surface area (Å²) in [6.07, 6.45) is 2.95. The molecule has 0 bridgehead atoms. The van der Waals surface area contributed by atoms with E-state index in [1.54, 1.807) is 11.4 Å². The van der Waals surface area contributed by atoms with Gasteiger partial charge in [0.15, 0.2) is 0 Å². The highest BCUT2D eigenvalue weighted by Gasteiger charge is 2.29. The summed E-state index contributed by atoms with van der Waals surface area (Å²) in [6.45, 7) is 0.168. The van der Waals surface area contributed by atoms with Crippen molar-refractivity contribution in [2.45, 2.75) is 25.5 Å². The van der Waals surface area contributed by atoms with Gasteiger partial charge in [-0.05, 0) is 30.2 Å². The average molecular weight is 293 g/mol. The van der Waals surface area contributed by atoms with E-state index in [9.17, 15) is 14.7 Å². The van der Waals surface area contributed by atoms with E-state index in [0.717, 1.165) is 12.8 Å². The molecule has 0 spiro atoms. The number of nitrogens with zero attached hydrogens (tertiary/aromatic N) is 2. The lowest BCUT2D eigenvalue weighted by atomic mass is 10.2. The van der Waals surface area contributed by atoms with Crippen molar-refractivity contribution in [2.75, 3.05) is 6.54 Å². The Kier molecular flexibility index (Phi) is 3.54. The molecule has 0 radical (unpaired) electrons. The maximum Gasteiger partial charge on any atom is 0.262 e. The van der Waals surface area contributed by atoms with Gasteiger partial charge in [0, 0.05) is 6.54 Å². The highest BCUT2D eigenvalue weighted by Crippen LogP contribution is 2.32. The first kappa shape index (κ1) is 13.3. The summed E-state index contributed by atoms with van der Waals surface area (Å²) in [4.78, 5) is 28.7. The van der Waals surface area contributed by atoms with Gasteiger partial charge in [-0.25, -0.2) is 4.98 Å². The molecule has 2 heterocycles. The first-order valence-corrected chi connectivity index (χ1v) is 7.40. The Balaban J connectivity index is 1.64. The highest BCUT2D eigenvalue weighted by atomic mass is 32.1. The molecule has 1 fully saturated rings. The number of hydrogen-bond donors (Lipinski definition) is 2. The van der Waals surface area contributed by atoms with Gasteiger partial charge in [-0.1, -0.05) is 0 Å². The van der Waals surface area contributed by atoms with Crippen molar-refractivity contribution in [3.8, 4) is 0 Å². The molecule has 1 aliphatic carbocycles. The van der Waals surface area contributed by atoms with Crippen LogP contribution in [0, 0.1) is 5.92 Å². The van der Waals surface area contributed by atoms with Crippen LogP contribution in [0.1, 0.15) is 12.8 Å². The van der Waals surface area contributed by atoms with Crippen molar-refractivity contribution >= 4 is 27.5 Å². The third-order valence-corrected chi connectivity index (χ3v) is 4.26. The minimum absolute atomic E-state index is 0.0744. The fourth-order valence-electron chi connectivity index (χ4n) is 2.08. The highest BCUT2D eigenvalue weighted by molar-refractivity contribution is 7.16. The number of aliphatic hydroxyl groups is 1. The molecule has 0 aliphatic heterocycles. The van der Waals surface area contributed by atoms with E-state index >= 15 is 0 Å². The summed E-state index contributed by atoms with van der Waals surface area (Å²) in [6, 6.07) is 1.71. The van der Waals surface area contributed by atoms with Gasteiger partial charge in [0.25, 0.3) is 5.56 Å². The molecule has 7 heteroatoms. The Morgan fingerprint density at radius 3 is 3.15 bits per heavy atom. The van der Waals surface area contributed by atoms with Crippen molar-refractivity contribution < 1.29 is 9.90 Å². The molecule has 106 valence electrons. The smallest absolute Gasteiger partial charge is 0.262 e. The third kappa shape index (κ3) is 2.73. The lowest BCUT2D eigenvalue weighted by Crippen LogP contribution is -2.37. The van der Waals surface area contributed by atoms with Gasteiger partial charge in [0.1, 0.15) is 11.4 Å². The minimum Gasteiger partial charge on any atom is -0.391 e. The largest absolute Gasteiger partial charge is 0.391 e. The second-order valence-electron chi connectivity index (χ2n) is 5.03. The minimum atomic E-state index is -0.479. The third-order valence-electron chi connectivity index (χ3n) is 3.44. The number of aromatic nitrogens is 2. The number of thiophene rings is 1. The van der Waals surface area contributed by atoms with Crippen LogP contribution in [0.15, 0.2) is 22.6 Å². The van der Waals surface area contributed by atoms with Crippen molar-refractivity contribution in [3.05, 3.63) is 28.1 Å². The number of fused-ring (bicyclic) bond motifs is 1. The number of nitrogens with one attached hydrogen (secondary N) is 1. The monoisotopic (exact) mass is 293 g/mol. The lowest BCUT2D eigenvalue weighted by molar-refractivity contribution is -0.122.